The molecule has 288 valence electrons. The van der Waals surface area contributed by atoms with E-state index in [1.165, 1.54) is 116 Å². The van der Waals surface area contributed by atoms with Gasteiger partial charge in [0, 0.05) is 12.8 Å². The van der Waals surface area contributed by atoms with E-state index in [2.05, 4.69) is 42.7 Å². The summed E-state index contributed by atoms with van der Waals surface area (Å²) < 4.78 is 26.3. The van der Waals surface area contributed by atoms with Gasteiger partial charge in [-0.2, -0.15) is 0 Å². The van der Waals surface area contributed by atoms with Crippen LogP contribution in [0.15, 0.2) is 24.3 Å². The lowest BCUT2D eigenvalue weighted by Crippen LogP contribution is -2.29. The van der Waals surface area contributed by atoms with E-state index in [0.717, 1.165) is 51.4 Å². The summed E-state index contributed by atoms with van der Waals surface area (Å²) in [5.74, 6) is -0.883. The van der Waals surface area contributed by atoms with E-state index in [1.54, 1.807) is 0 Å². The summed E-state index contributed by atoms with van der Waals surface area (Å²) in [6, 6.07) is 0. The average molecular weight is 715 g/mol. The third-order valence-corrected chi connectivity index (χ3v) is 9.21. The van der Waals surface area contributed by atoms with Crippen molar-refractivity contribution in [1.82, 2.24) is 0 Å². The van der Waals surface area contributed by atoms with Crippen LogP contribution in [-0.2, 0) is 28.2 Å². The Morgan fingerprint density at radius 1 is 0.531 bits per heavy atom. The maximum atomic E-state index is 12.4. The molecule has 0 heterocycles. The van der Waals surface area contributed by atoms with Crippen molar-refractivity contribution in [2.75, 3.05) is 13.2 Å². The Kier molecular flexibility index (Phi) is 35.2. The Morgan fingerprint density at radius 2 is 0.918 bits per heavy atom. The molecular weight excluding hydrogens is 639 g/mol. The number of hydrogen-bond donors (Lipinski definition) is 2. The van der Waals surface area contributed by atoms with Crippen LogP contribution in [0, 0.1) is 0 Å². The summed E-state index contributed by atoms with van der Waals surface area (Å²) in [5, 5.41) is 0. The van der Waals surface area contributed by atoms with Gasteiger partial charge in [-0.15, -0.1) is 0 Å². The standard InChI is InChI=1S/C40H75O8P/c1-3-5-7-9-11-13-15-17-18-19-20-21-22-23-25-27-29-31-33-35-40(42)48-38(37-47-49(43,44)45)36-46-39(41)34-32-30-28-26-24-16-14-12-10-8-6-4-2/h11,13,17-18,38H,3-10,12,14-16,19-37H2,1-2H3,(H2,43,44,45)/b13-11+,18-17+/t38-/m1/s1. The van der Waals surface area contributed by atoms with Crippen molar-refractivity contribution in [3.05, 3.63) is 24.3 Å². The Bertz CT molecular complexity index is 853. The molecule has 0 aliphatic rings. The van der Waals surface area contributed by atoms with Crippen LogP contribution in [0.5, 0.6) is 0 Å². The van der Waals surface area contributed by atoms with E-state index in [4.69, 9.17) is 19.3 Å². The summed E-state index contributed by atoms with van der Waals surface area (Å²) in [5.41, 5.74) is 0. The Labute approximate surface area is 300 Å². The van der Waals surface area contributed by atoms with Gasteiger partial charge in [-0.25, -0.2) is 4.57 Å². The largest absolute Gasteiger partial charge is 0.469 e. The number of allylic oxidation sites excluding steroid dienone is 4. The van der Waals surface area contributed by atoms with Gasteiger partial charge in [0.25, 0.3) is 0 Å². The van der Waals surface area contributed by atoms with E-state index in [1.807, 2.05) is 0 Å². The van der Waals surface area contributed by atoms with Crippen LogP contribution in [0.3, 0.4) is 0 Å². The Balaban J connectivity index is 3.91. The minimum Gasteiger partial charge on any atom is -0.462 e. The molecule has 9 heteroatoms. The molecule has 0 aliphatic carbocycles. The topological polar surface area (TPSA) is 119 Å². The van der Waals surface area contributed by atoms with E-state index >= 15 is 0 Å². The highest BCUT2D eigenvalue weighted by molar-refractivity contribution is 7.46. The summed E-state index contributed by atoms with van der Waals surface area (Å²) >= 11 is 0. The highest BCUT2D eigenvalue weighted by Crippen LogP contribution is 2.36. The van der Waals surface area contributed by atoms with Crippen LogP contribution in [0.25, 0.3) is 0 Å². The average Bonchev–Trinajstić information content (AvgIpc) is 3.07. The zero-order chi connectivity index (χ0) is 36.1. The molecule has 2 N–H and O–H groups in total. The molecule has 0 fully saturated rings. The predicted octanol–water partition coefficient (Wildman–Crippen LogP) is 12.0. The van der Waals surface area contributed by atoms with Crippen molar-refractivity contribution in [3.63, 3.8) is 0 Å². The van der Waals surface area contributed by atoms with Gasteiger partial charge in [-0.3, -0.25) is 14.1 Å². The molecule has 0 aromatic rings. The first-order valence-electron chi connectivity index (χ1n) is 20.1. The van der Waals surface area contributed by atoms with Crippen LogP contribution in [0.2, 0.25) is 0 Å². The van der Waals surface area contributed by atoms with Crippen LogP contribution in [0.1, 0.15) is 200 Å². The maximum Gasteiger partial charge on any atom is 0.469 e. The van der Waals surface area contributed by atoms with Crippen LogP contribution < -0.4 is 0 Å². The lowest BCUT2D eigenvalue weighted by Gasteiger charge is -2.18. The second-order valence-corrected chi connectivity index (χ2v) is 14.9. The maximum absolute atomic E-state index is 12.4. The molecule has 0 saturated carbocycles. The third kappa shape index (κ3) is 39.2. The molecule has 8 nitrogen and oxygen atoms in total. The summed E-state index contributed by atoms with van der Waals surface area (Å²) in [7, 11) is -4.75. The molecule has 0 rings (SSSR count). The number of carbonyl (C=O) groups excluding carboxylic acids is 2. The molecule has 0 amide bonds. The quantitative estimate of drug-likeness (QED) is 0.0282. The molecule has 0 saturated heterocycles. The molecule has 0 aromatic carbocycles. The second-order valence-electron chi connectivity index (χ2n) is 13.6. The van der Waals surface area contributed by atoms with Gasteiger partial charge in [0.05, 0.1) is 6.61 Å². The monoisotopic (exact) mass is 715 g/mol. The van der Waals surface area contributed by atoms with Gasteiger partial charge in [0.15, 0.2) is 6.10 Å². The first-order chi connectivity index (χ1) is 23.8. The van der Waals surface area contributed by atoms with Gasteiger partial charge in [0.1, 0.15) is 6.61 Å². The van der Waals surface area contributed by atoms with Gasteiger partial charge in [0.2, 0.25) is 0 Å². The molecule has 0 radical (unpaired) electrons. The number of esters is 2. The van der Waals surface area contributed by atoms with Crippen LogP contribution >= 0.6 is 7.82 Å². The number of ether oxygens (including phenoxy) is 2. The van der Waals surface area contributed by atoms with Gasteiger partial charge >= 0.3 is 19.8 Å². The van der Waals surface area contributed by atoms with Crippen molar-refractivity contribution in [2.45, 2.75) is 206 Å². The number of phosphoric ester groups is 1. The van der Waals surface area contributed by atoms with Crippen molar-refractivity contribution < 1.29 is 37.9 Å². The van der Waals surface area contributed by atoms with Crippen molar-refractivity contribution >= 4 is 19.8 Å². The number of carbonyl (C=O) groups is 2. The van der Waals surface area contributed by atoms with Gasteiger partial charge in [-0.1, -0.05) is 167 Å². The number of rotatable bonds is 37. The zero-order valence-corrected chi connectivity index (χ0v) is 32.5. The predicted molar refractivity (Wildman–Crippen MR) is 202 cm³/mol. The molecule has 0 aliphatic heterocycles. The normalized spacial score (nSPS) is 12.7. The fourth-order valence-electron chi connectivity index (χ4n) is 5.70. The highest BCUT2D eigenvalue weighted by atomic mass is 31.2. The second kappa shape index (κ2) is 36.3. The van der Waals surface area contributed by atoms with Crippen LogP contribution in [0.4, 0.5) is 0 Å². The summed E-state index contributed by atoms with van der Waals surface area (Å²) in [6.07, 6.45) is 40.4. The van der Waals surface area contributed by atoms with Crippen molar-refractivity contribution in [3.8, 4) is 0 Å². The molecule has 1 atom stereocenters. The van der Waals surface area contributed by atoms with Gasteiger partial charge < -0.3 is 19.3 Å². The van der Waals surface area contributed by atoms with E-state index < -0.39 is 32.5 Å². The fraction of sp³-hybridized carbons (Fsp3) is 0.850. The Hall–Kier alpha value is -1.47. The summed E-state index contributed by atoms with van der Waals surface area (Å²) in [6.45, 7) is 3.66. The first kappa shape index (κ1) is 47.5. The molecule has 49 heavy (non-hydrogen) atoms. The van der Waals surface area contributed by atoms with Crippen LogP contribution in [-0.4, -0.2) is 41.0 Å². The van der Waals surface area contributed by atoms with Gasteiger partial charge in [-0.05, 0) is 44.9 Å². The molecule has 0 aromatic heterocycles. The number of phosphoric acid groups is 1. The smallest absolute Gasteiger partial charge is 0.462 e. The lowest BCUT2D eigenvalue weighted by molar-refractivity contribution is -0.161. The van der Waals surface area contributed by atoms with E-state index in [9.17, 15) is 14.2 Å². The molecule has 0 bridgehead atoms. The first-order valence-corrected chi connectivity index (χ1v) is 21.7. The SMILES string of the molecule is CCCCC/C=C/C/C=C/CCCCCCCCCCCC(=O)O[C@H](COC(=O)CCCCCCCCCCCCCC)COP(=O)(O)O. The van der Waals surface area contributed by atoms with Crippen molar-refractivity contribution in [2.24, 2.45) is 0 Å². The number of hydrogen-bond acceptors (Lipinski definition) is 6. The zero-order valence-electron chi connectivity index (χ0n) is 31.6. The third-order valence-electron chi connectivity index (χ3n) is 8.72. The van der Waals surface area contributed by atoms with E-state index in [-0.39, 0.29) is 19.4 Å². The molecular formula is C40H75O8P. The fourth-order valence-corrected chi connectivity index (χ4v) is 6.06. The Morgan fingerprint density at radius 3 is 1.39 bits per heavy atom. The minimum absolute atomic E-state index is 0.210. The van der Waals surface area contributed by atoms with E-state index in [0.29, 0.717) is 6.42 Å². The lowest BCUT2D eigenvalue weighted by atomic mass is 10.0. The summed E-state index contributed by atoms with van der Waals surface area (Å²) in [4.78, 5) is 42.7. The number of unbranched alkanes of at least 4 members (excludes halogenated alkanes) is 23. The molecule has 0 unspecified atom stereocenters. The van der Waals surface area contributed by atoms with Crippen molar-refractivity contribution in [1.29, 1.82) is 0 Å². The molecule has 0 spiro atoms. The highest BCUT2D eigenvalue weighted by Gasteiger charge is 2.22. The minimum atomic E-state index is -4.75.